The number of halogens is 2. The summed E-state index contributed by atoms with van der Waals surface area (Å²) in [5.74, 6) is -0.341. The minimum Gasteiger partial charge on any atom is -0.395 e. The van der Waals surface area contributed by atoms with Crippen LogP contribution in [0.1, 0.15) is 5.56 Å². The molecular weight excluding hydrogens is 207 g/mol. The minimum absolute atomic E-state index is 0.121. The average molecular weight is 217 g/mol. The van der Waals surface area contributed by atoms with E-state index in [1.807, 2.05) is 0 Å². The van der Waals surface area contributed by atoms with Crippen LogP contribution in [0.15, 0.2) is 18.2 Å². The zero-order valence-electron chi connectivity index (χ0n) is 7.46. The zero-order valence-corrected chi connectivity index (χ0v) is 8.22. The van der Waals surface area contributed by atoms with Crippen LogP contribution >= 0.6 is 11.6 Å². The van der Waals surface area contributed by atoms with E-state index in [1.165, 1.54) is 12.1 Å². The third-order valence-electron chi connectivity index (χ3n) is 2.56. The van der Waals surface area contributed by atoms with Gasteiger partial charge in [0.05, 0.1) is 25.2 Å². The molecule has 1 aliphatic rings. The van der Waals surface area contributed by atoms with Crippen molar-refractivity contribution in [3.8, 4) is 0 Å². The molecule has 0 saturated carbocycles. The molecule has 4 heteroatoms. The number of aliphatic hydroxyl groups excluding tert-OH is 1. The highest BCUT2D eigenvalue weighted by Crippen LogP contribution is 2.34. The molecule has 1 aliphatic heterocycles. The van der Waals surface area contributed by atoms with Crippen LogP contribution < -0.4 is 0 Å². The molecule has 0 bridgehead atoms. The van der Waals surface area contributed by atoms with Gasteiger partial charge in [-0.1, -0.05) is 11.6 Å². The standard InChI is InChI=1S/C10H10ClFO2/c11-7-1-2-9(12)8(3-7)10(4-13)5-14-6-10/h1-3,13H,4-6H2. The summed E-state index contributed by atoms with van der Waals surface area (Å²) >= 11 is 5.77. The summed E-state index contributed by atoms with van der Waals surface area (Å²) in [7, 11) is 0. The minimum atomic E-state index is -0.588. The molecule has 0 radical (unpaired) electrons. The van der Waals surface area contributed by atoms with Gasteiger partial charge >= 0.3 is 0 Å². The molecule has 1 fully saturated rings. The second-order valence-electron chi connectivity index (χ2n) is 3.56. The quantitative estimate of drug-likeness (QED) is 0.816. The van der Waals surface area contributed by atoms with Crippen molar-refractivity contribution >= 4 is 11.6 Å². The Labute approximate surface area is 86.3 Å². The number of aliphatic hydroxyl groups is 1. The predicted octanol–water partition coefficient (Wildman–Crippen LogP) is 1.74. The Morgan fingerprint density at radius 1 is 1.50 bits per heavy atom. The molecule has 1 aromatic rings. The maximum absolute atomic E-state index is 13.4. The van der Waals surface area contributed by atoms with E-state index in [0.717, 1.165) is 0 Å². The molecule has 1 aromatic carbocycles. The Balaban J connectivity index is 2.43. The van der Waals surface area contributed by atoms with Gasteiger partial charge in [0, 0.05) is 10.6 Å². The van der Waals surface area contributed by atoms with Gasteiger partial charge in [-0.05, 0) is 18.2 Å². The summed E-state index contributed by atoms with van der Waals surface area (Å²) < 4.78 is 18.5. The first-order chi connectivity index (χ1) is 6.68. The predicted molar refractivity (Wildman–Crippen MR) is 51.0 cm³/mol. The summed E-state index contributed by atoms with van der Waals surface area (Å²) in [6.45, 7) is 0.575. The van der Waals surface area contributed by atoms with Crippen molar-refractivity contribution < 1.29 is 14.2 Å². The van der Waals surface area contributed by atoms with Crippen molar-refractivity contribution in [1.82, 2.24) is 0 Å². The van der Waals surface area contributed by atoms with Crippen LogP contribution in [0, 0.1) is 5.82 Å². The van der Waals surface area contributed by atoms with E-state index >= 15 is 0 Å². The van der Waals surface area contributed by atoms with Crippen LogP contribution in [0.5, 0.6) is 0 Å². The summed E-state index contributed by atoms with van der Waals surface area (Å²) in [4.78, 5) is 0. The summed E-state index contributed by atoms with van der Waals surface area (Å²) in [6.07, 6.45) is 0. The monoisotopic (exact) mass is 216 g/mol. The molecule has 0 unspecified atom stereocenters. The largest absolute Gasteiger partial charge is 0.395 e. The summed E-state index contributed by atoms with van der Waals surface area (Å²) in [5, 5.41) is 9.69. The van der Waals surface area contributed by atoms with E-state index in [2.05, 4.69) is 0 Å². The van der Waals surface area contributed by atoms with Crippen LogP contribution in [-0.4, -0.2) is 24.9 Å². The van der Waals surface area contributed by atoms with Crippen LogP contribution in [0.2, 0.25) is 5.02 Å². The number of benzene rings is 1. The molecule has 2 rings (SSSR count). The third-order valence-corrected chi connectivity index (χ3v) is 2.79. The molecule has 1 heterocycles. The van der Waals surface area contributed by atoms with Crippen molar-refractivity contribution in [2.24, 2.45) is 0 Å². The fourth-order valence-corrected chi connectivity index (χ4v) is 1.76. The molecule has 0 aromatic heterocycles. The molecule has 0 spiro atoms. The molecule has 76 valence electrons. The summed E-state index contributed by atoms with van der Waals surface area (Å²) in [5.41, 5.74) is -0.145. The first kappa shape index (κ1) is 9.90. The van der Waals surface area contributed by atoms with Crippen molar-refractivity contribution in [2.75, 3.05) is 19.8 Å². The Morgan fingerprint density at radius 3 is 2.71 bits per heavy atom. The lowest BCUT2D eigenvalue weighted by atomic mass is 9.79. The molecule has 0 aliphatic carbocycles. The van der Waals surface area contributed by atoms with Crippen LogP contribution in [0.4, 0.5) is 4.39 Å². The molecule has 1 N–H and O–H groups in total. The third kappa shape index (κ3) is 1.41. The highest BCUT2D eigenvalue weighted by atomic mass is 35.5. The smallest absolute Gasteiger partial charge is 0.127 e. The maximum Gasteiger partial charge on any atom is 0.127 e. The average Bonchev–Trinajstić information content (AvgIpc) is 2.10. The van der Waals surface area contributed by atoms with Crippen LogP contribution in [-0.2, 0) is 10.2 Å². The van der Waals surface area contributed by atoms with Crippen LogP contribution in [0.25, 0.3) is 0 Å². The zero-order chi connectivity index (χ0) is 10.2. The number of ether oxygens (including phenoxy) is 1. The second kappa shape index (κ2) is 3.50. The lowest BCUT2D eigenvalue weighted by molar-refractivity contribution is -0.0856. The first-order valence-electron chi connectivity index (χ1n) is 4.32. The highest BCUT2D eigenvalue weighted by molar-refractivity contribution is 6.30. The lowest BCUT2D eigenvalue weighted by Gasteiger charge is -2.40. The lowest BCUT2D eigenvalue weighted by Crippen LogP contribution is -2.50. The van der Waals surface area contributed by atoms with Gasteiger partial charge in [0.2, 0.25) is 0 Å². The van der Waals surface area contributed by atoms with Crippen molar-refractivity contribution in [2.45, 2.75) is 5.41 Å². The van der Waals surface area contributed by atoms with Crippen molar-refractivity contribution in [3.63, 3.8) is 0 Å². The molecule has 14 heavy (non-hydrogen) atoms. The van der Waals surface area contributed by atoms with Gasteiger partial charge in [0.1, 0.15) is 5.82 Å². The van der Waals surface area contributed by atoms with Crippen LogP contribution in [0.3, 0.4) is 0 Å². The maximum atomic E-state index is 13.4. The van der Waals surface area contributed by atoms with E-state index in [1.54, 1.807) is 6.07 Å². The number of hydrogen-bond acceptors (Lipinski definition) is 2. The first-order valence-corrected chi connectivity index (χ1v) is 4.70. The Bertz CT molecular complexity index is 344. The molecule has 1 saturated heterocycles. The van der Waals surface area contributed by atoms with Crippen molar-refractivity contribution in [3.05, 3.63) is 34.6 Å². The normalized spacial score (nSPS) is 19.1. The SMILES string of the molecule is OCC1(c2cc(Cl)ccc2F)COC1. The molecule has 2 nitrogen and oxygen atoms in total. The number of hydrogen-bond donors (Lipinski definition) is 1. The van der Waals surface area contributed by atoms with Gasteiger partial charge in [-0.25, -0.2) is 4.39 Å². The van der Waals surface area contributed by atoms with E-state index in [9.17, 15) is 9.50 Å². The van der Waals surface area contributed by atoms with Crippen molar-refractivity contribution in [1.29, 1.82) is 0 Å². The molecule has 0 amide bonds. The molecular formula is C10H10ClFO2. The topological polar surface area (TPSA) is 29.5 Å². The number of rotatable bonds is 2. The van der Waals surface area contributed by atoms with Gasteiger partial charge in [0.25, 0.3) is 0 Å². The Morgan fingerprint density at radius 2 is 2.21 bits per heavy atom. The van der Waals surface area contributed by atoms with Gasteiger partial charge < -0.3 is 9.84 Å². The van der Waals surface area contributed by atoms with E-state index in [-0.39, 0.29) is 12.4 Å². The highest BCUT2D eigenvalue weighted by Gasteiger charge is 2.41. The fourth-order valence-electron chi connectivity index (χ4n) is 1.58. The van der Waals surface area contributed by atoms with E-state index in [0.29, 0.717) is 23.8 Å². The Kier molecular flexibility index (Phi) is 2.47. The van der Waals surface area contributed by atoms with Gasteiger partial charge in [-0.15, -0.1) is 0 Å². The van der Waals surface area contributed by atoms with E-state index in [4.69, 9.17) is 16.3 Å². The van der Waals surface area contributed by atoms with Gasteiger partial charge in [-0.2, -0.15) is 0 Å². The van der Waals surface area contributed by atoms with E-state index < -0.39 is 5.41 Å². The van der Waals surface area contributed by atoms with Gasteiger partial charge in [-0.3, -0.25) is 0 Å². The second-order valence-corrected chi connectivity index (χ2v) is 3.99. The molecule has 0 atom stereocenters. The van der Waals surface area contributed by atoms with Gasteiger partial charge in [0.15, 0.2) is 0 Å². The summed E-state index contributed by atoms with van der Waals surface area (Å²) in [6, 6.07) is 4.36. The Hall–Kier alpha value is -0.640. The fraction of sp³-hybridized carbons (Fsp3) is 0.400.